The van der Waals surface area contributed by atoms with E-state index in [-0.39, 0.29) is 11.7 Å². The SMILES string of the molecule is C/C=C/C1(OC(=O)N2CCCCC2)CC2CC1C1C3CCC(C3)C21. The van der Waals surface area contributed by atoms with E-state index in [2.05, 4.69) is 19.1 Å². The highest BCUT2D eigenvalue weighted by Gasteiger charge is 2.67. The minimum absolute atomic E-state index is 0.0416. The Labute approximate surface area is 145 Å². The Morgan fingerprint density at radius 1 is 1.04 bits per heavy atom. The molecule has 0 aromatic carbocycles. The van der Waals surface area contributed by atoms with Crippen LogP contribution in [-0.2, 0) is 4.74 Å². The van der Waals surface area contributed by atoms with Crippen molar-refractivity contribution >= 4 is 6.09 Å². The van der Waals surface area contributed by atoms with Crippen LogP contribution in [0.2, 0.25) is 0 Å². The van der Waals surface area contributed by atoms with E-state index in [9.17, 15) is 4.79 Å². The summed E-state index contributed by atoms with van der Waals surface area (Å²) >= 11 is 0. The molecule has 0 spiro atoms. The zero-order chi connectivity index (χ0) is 16.3. The van der Waals surface area contributed by atoms with Crippen LogP contribution in [0.5, 0.6) is 0 Å². The van der Waals surface area contributed by atoms with Crippen molar-refractivity contribution in [1.29, 1.82) is 0 Å². The summed E-state index contributed by atoms with van der Waals surface area (Å²) < 4.78 is 6.33. The van der Waals surface area contributed by atoms with Gasteiger partial charge in [-0.05, 0) is 94.0 Å². The third-order valence-electron chi connectivity index (χ3n) is 8.16. The Hall–Kier alpha value is -0.990. The predicted octanol–water partition coefficient (Wildman–Crippen LogP) is 4.63. The molecule has 3 heteroatoms. The Morgan fingerprint density at radius 3 is 2.54 bits per heavy atom. The van der Waals surface area contributed by atoms with Crippen molar-refractivity contribution in [1.82, 2.24) is 4.90 Å². The monoisotopic (exact) mass is 329 g/mol. The van der Waals surface area contributed by atoms with Gasteiger partial charge in [0.1, 0.15) is 5.60 Å². The number of hydrogen-bond donors (Lipinski definition) is 0. The predicted molar refractivity (Wildman–Crippen MR) is 93.5 cm³/mol. The van der Waals surface area contributed by atoms with Gasteiger partial charge in [-0.15, -0.1) is 0 Å². The molecule has 1 saturated heterocycles. The molecule has 0 radical (unpaired) electrons. The first-order valence-electron chi connectivity index (χ1n) is 10.3. The standard InChI is InChI=1S/C21H31NO2/c1-2-8-21(24-20(23)22-9-4-3-5-10-22)13-16-12-17(21)19-15-7-6-14(11-15)18(16)19/h2,8,14-19H,3-7,9-13H2,1H3/b8-2+. The van der Waals surface area contributed by atoms with Crippen LogP contribution < -0.4 is 0 Å². The lowest BCUT2D eigenvalue weighted by atomic mass is 9.65. The summed E-state index contributed by atoms with van der Waals surface area (Å²) in [5.74, 6) is 5.12. The van der Waals surface area contributed by atoms with Crippen molar-refractivity contribution in [3.05, 3.63) is 12.2 Å². The first-order chi connectivity index (χ1) is 11.7. The van der Waals surface area contributed by atoms with Gasteiger partial charge in [0.2, 0.25) is 0 Å². The van der Waals surface area contributed by atoms with Gasteiger partial charge in [-0.3, -0.25) is 0 Å². The number of amides is 1. The summed E-state index contributed by atoms with van der Waals surface area (Å²) in [6, 6.07) is 0. The summed E-state index contributed by atoms with van der Waals surface area (Å²) in [5.41, 5.74) is -0.292. The van der Waals surface area contributed by atoms with Gasteiger partial charge in [-0.25, -0.2) is 4.79 Å². The average Bonchev–Trinajstić information content (AvgIpc) is 3.34. The maximum Gasteiger partial charge on any atom is 0.410 e. The van der Waals surface area contributed by atoms with Crippen LogP contribution in [0.3, 0.4) is 0 Å². The maximum atomic E-state index is 12.8. The molecule has 1 aliphatic heterocycles. The van der Waals surface area contributed by atoms with Crippen molar-refractivity contribution < 1.29 is 9.53 Å². The van der Waals surface area contributed by atoms with Crippen molar-refractivity contribution in [2.75, 3.05) is 13.1 Å². The summed E-state index contributed by atoms with van der Waals surface area (Å²) in [4.78, 5) is 14.8. The first-order valence-corrected chi connectivity index (χ1v) is 10.3. The molecule has 7 unspecified atom stereocenters. The molecule has 5 fully saturated rings. The number of ether oxygens (including phenoxy) is 1. The normalized spacial score (nSPS) is 49.1. The van der Waals surface area contributed by atoms with E-state index in [4.69, 9.17) is 4.74 Å². The van der Waals surface area contributed by atoms with Crippen LogP contribution in [0.15, 0.2) is 12.2 Å². The Kier molecular flexibility index (Phi) is 3.50. The molecule has 1 amide bonds. The van der Waals surface area contributed by atoms with E-state index in [1.54, 1.807) is 0 Å². The second-order valence-corrected chi connectivity index (χ2v) is 9.16. The van der Waals surface area contributed by atoms with Crippen molar-refractivity contribution in [3.63, 3.8) is 0 Å². The van der Waals surface area contributed by atoms with Crippen LogP contribution >= 0.6 is 0 Å². The van der Waals surface area contributed by atoms with E-state index in [0.29, 0.717) is 5.92 Å². The minimum atomic E-state index is -0.292. The molecule has 4 bridgehead atoms. The number of rotatable bonds is 2. The van der Waals surface area contributed by atoms with Crippen LogP contribution in [0.25, 0.3) is 0 Å². The van der Waals surface area contributed by atoms with Gasteiger partial charge in [0.15, 0.2) is 0 Å². The zero-order valence-corrected chi connectivity index (χ0v) is 15.0. The van der Waals surface area contributed by atoms with Crippen LogP contribution in [0.4, 0.5) is 4.79 Å². The number of carbonyl (C=O) groups excluding carboxylic acids is 1. The smallest absolute Gasteiger partial charge is 0.410 e. The van der Waals surface area contributed by atoms with Gasteiger partial charge in [-0.1, -0.05) is 6.08 Å². The minimum Gasteiger partial charge on any atom is -0.438 e. The Bertz CT molecular complexity index is 552. The highest BCUT2D eigenvalue weighted by atomic mass is 16.6. The topological polar surface area (TPSA) is 29.5 Å². The van der Waals surface area contributed by atoms with Gasteiger partial charge in [0.25, 0.3) is 0 Å². The molecular formula is C21H31NO2. The van der Waals surface area contributed by atoms with Gasteiger partial charge < -0.3 is 9.64 Å². The second-order valence-electron chi connectivity index (χ2n) is 9.16. The second kappa shape index (κ2) is 5.51. The summed E-state index contributed by atoms with van der Waals surface area (Å²) in [6.07, 6.45) is 14.6. The molecular weight excluding hydrogens is 298 g/mol. The number of fused-ring (bicyclic) bond motifs is 9. The van der Waals surface area contributed by atoms with E-state index in [1.807, 2.05) is 4.90 Å². The average molecular weight is 329 g/mol. The largest absolute Gasteiger partial charge is 0.438 e. The van der Waals surface area contributed by atoms with Gasteiger partial charge in [-0.2, -0.15) is 0 Å². The molecule has 0 N–H and O–H groups in total. The number of nitrogens with zero attached hydrogens (tertiary/aromatic N) is 1. The molecule has 5 aliphatic rings. The Morgan fingerprint density at radius 2 is 1.79 bits per heavy atom. The van der Waals surface area contributed by atoms with E-state index in [1.165, 1.54) is 32.1 Å². The lowest BCUT2D eigenvalue weighted by molar-refractivity contribution is -0.0532. The maximum absolute atomic E-state index is 12.8. The molecule has 4 saturated carbocycles. The highest BCUT2D eigenvalue weighted by molar-refractivity contribution is 5.68. The summed E-state index contributed by atoms with van der Waals surface area (Å²) in [6.45, 7) is 3.85. The van der Waals surface area contributed by atoms with Crippen molar-refractivity contribution in [2.45, 2.75) is 63.9 Å². The number of likely N-dealkylation sites (tertiary alicyclic amines) is 1. The number of piperidine rings is 1. The molecule has 0 aromatic heterocycles. The van der Waals surface area contributed by atoms with E-state index < -0.39 is 0 Å². The molecule has 0 aromatic rings. The lowest BCUT2D eigenvalue weighted by Crippen LogP contribution is -2.49. The fraction of sp³-hybridized carbons (Fsp3) is 0.857. The molecule has 1 heterocycles. The van der Waals surface area contributed by atoms with Crippen molar-refractivity contribution in [3.8, 4) is 0 Å². The fourth-order valence-corrected chi connectivity index (χ4v) is 7.55. The third-order valence-corrected chi connectivity index (χ3v) is 8.16. The fourth-order valence-electron chi connectivity index (χ4n) is 7.55. The molecule has 5 rings (SSSR count). The molecule has 7 atom stereocenters. The van der Waals surface area contributed by atoms with Crippen LogP contribution in [-0.4, -0.2) is 29.7 Å². The van der Waals surface area contributed by atoms with Crippen LogP contribution in [0, 0.1) is 35.5 Å². The van der Waals surface area contributed by atoms with Gasteiger partial charge >= 0.3 is 6.09 Å². The van der Waals surface area contributed by atoms with Crippen LogP contribution in [0.1, 0.15) is 58.3 Å². The van der Waals surface area contributed by atoms with Gasteiger partial charge in [0.05, 0.1) is 0 Å². The summed E-state index contributed by atoms with van der Waals surface area (Å²) in [7, 11) is 0. The Balaban J connectivity index is 1.39. The zero-order valence-electron chi connectivity index (χ0n) is 15.0. The quantitative estimate of drug-likeness (QED) is 0.546. The molecule has 4 aliphatic carbocycles. The summed E-state index contributed by atoms with van der Waals surface area (Å²) in [5, 5.41) is 0. The van der Waals surface area contributed by atoms with Crippen molar-refractivity contribution in [2.24, 2.45) is 35.5 Å². The molecule has 132 valence electrons. The number of carbonyl (C=O) groups is 1. The van der Waals surface area contributed by atoms with Gasteiger partial charge in [0, 0.05) is 19.0 Å². The molecule has 3 nitrogen and oxygen atoms in total. The first kappa shape index (κ1) is 15.3. The number of hydrogen-bond acceptors (Lipinski definition) is 2. The third kappa shape index (κ3) is 2.05. The van der Waals surface area contributed by atoms with E-state index >= 15 is 0 Å². The van der Waals surface area contributed by atoms with E-state index in [0.717, 1.165) is 61.9 Å². The molecule has 24 heavy (non-hydrogen) atoms. The lowest BCUT2D eigenvalue weighted by Gasteiger charge is -2.45. The highest BCUT2D eigenvalue weighted by Crippen LogP contribution is 2.70. The number of allylic oxidation sites excluding steroid dienone is 1.